The molecule has 1 aliphatic heterocycles. The van der Waals surface area contributed by atoms with E-state index >= 15 is 0 Å². The number of amides is 1. The van der Waals surface area contributed by atoms with E-state index in [9.17, 15) is 4.79 Å². The number of nitrogens with one attached hydrogen (secondary N) is 1. The summed E-state index contributed by atoms with van der Waals surface area (Å²) in [7, 11) is 0. The molecule has 0 aromatic heterocycles. The van der Waals surface area contributed by atoms with Gasteiger partial charge in [0, 0.05) is 6.61 Å². The van der Waals surface area contributed by atoms with Gasteiger partial charge < -0.3 is 19.5 Å². The summed E-state index contributed by atoms with van der Waals surface area (Å²) in [6.45, 7) is 3.32. The topological polar surface area (TPSA) is 56.8 Å². The molecule has 5 heteroatoms. The number of hydrogen-bond donors (Lipinski definition) is 1. The van der Waals surface area contributed by atoms with Crippen molar-refractivity contribution in [2.45, 2.75) is 13.0 Å². The minimum atomic E-state index is -0.162. The number of ether oxygens (including phenoxy) is 3. The van der Waals surface area contributed by atoms with E-state index in [1.54, 1.807) is 0 Å². The minimum absolute atomic E-state index is 0.0840. The van der Waals surface area contributed by atoms with Crippen molar-refractivity contribution in [3.63, 3.8) is 0 Å². The molecule has 1 aromatic carbocycles. The number of rotatable bonds is 5. The van der Waals surface area contributed by atoms with Crippen molar-refractivity contribution in [2.24, 2.45) is 0 Å². The first-order valence-corrected chi connectivity index (χ1v) is 6.02. The molecule has 0 bridgehead atoms. The number of fused-ring (bicyclic) bond motifs is 1. The first-order chi connectivity index (χ1) is 8.79. The Bertz CT molecular complexity index is 408. The quantitative estimate of drug-likeness (QED) is 0.847. The zero-order chi connectivity index (χ0) is 12.8. The summed E-state index contributed by atoms with van der Waals surface area (Å²) in [6.07, 6.45) is -0.162. The van der Waals surface area contributed by atoms with E-state index in [0.717, 1.165) is 5.75 Å². The third kappa shape index (κ3) is 3.37. The second kappa shape index (κ2) is 6.26. The Morgan fingerprint density at radius 3 is 3.00 bits per heavy atom. The smallest absolute Gasteiger partial charge is 0.246 e. The average molecular weight is 251 g/mol. The van der Waals surface area contributed by atoms with Gasteiger partial charge in [-0.15, -0.1) is 0 Å². The maximum absolute atomic E-state index is 11.4. The fraction of sp³-hybridized carbons (Fsp3) is 0.462. The van der Waals surface area contributed by atoms with Crippen LogP contribution in [0.2, 0.25) is 0 Å². The molecule has 0 saturated carbocycles. The highest BCUT2D eigenvalue weighted by Gasteiger charge is 2.20. The van der Waals surface area contributed by atoms with Gasteiger partial charge in [-0.25, -0.2) is 0 Å². The van der Waals surface area contributed by atoms with Crippen molar-refractivity contribution >= 4 is 5.91 Å². The largest absolute Gasteiger partial charge is 0.486 e. The predicted molar refractivity (Wildman–Crippen MR) is 65.9 cm³/mol. The van der Waals surface area contributed by atoms with E-state index in [0.29, 0.717) is 25.5 Å². The molecule has 5 nitrogen and oxygen atoms in total. The molecule has 98 valence electrons. The molecular formula is C13H17NO4. The molecular weight excluding hydrogens is 234 g/mol. The Kier molecular flexibility index (Phi) is 4.41. The molecule has 0 spiro atoms. The number of hydrogen-bond acceptors (Lipinski definition) is 4. The van der Waals surface area contributed by atoms with Gasteiger partial charge in [0.05, 0.1) is 6.54 Å². The lowest BCUT2D eigenvalue weighted by Gasteiger charge is -2.26. The molecule has 0 aliphatic carbocycles. The molecule has 1 atom stereocenters. The van der Waals surface area contributed by atoms with Gasteiger partial charge in [0.15, 0.2) is 11.5 Å². The van der Waals surface area contributed by atoms with Crippen molar-refractivity contribution in [1.82, 2.24) is 5.32 Å². The van der Waals surface area contributed by atoms with Crippen molar-refractivity contribution in [2.75, 3.05) is 26.4 Å². The normalized spacial score (nSPS) is 17.3. The van der Waals surface area contributed by atoms with E-state index in [2.05, 4.69) is 5.32 Å². The summed E-state index contributed by atoms with van der Waals surface area (Å²) >= 11 is 0. The first kappa shape index (κ1) is 12.7. The molecule has 0 radical (unpaired) electrons. The highest BCUT2D eigenvalue weighted by Crippen LogP contribution is 2.30. The van der Waals surface area contributed by atoms with Crippen molar-refractivity contribution in [3.8, 4) is 11.5 Å². The highest BCUT2D eigenvalue weighted by molar-refractivity contribution is 5.77. The molecule has 1 aromatic rings. The van der Waals surface area contributed by atoms with Crippen LogP contribution in [0.3, 0.4) is 0 Å². The maximum atomic E-state index is 11.4. The summed E-state index contributed by atoms with van der Waals surface area (Å²) in [6, 6.07) is 7.49. The summed E-state index contributed by atoms with van der Waals surface area (Å²) in [4.78, 5) is 11.4. The van der Waals surface area contributed by atoms with Crippen LogP contribution in [0.5, 0.6) is 11.5 Å². The summed E-state index contributed by atoms with van der Waals surface area (Å²) in [5, 5.41) is 2.75. The lowest BCUT2D eigenvalue weighted by atomic mass is 10.2. The van der Waals surface area contributed by atoms with Gasteiger partial charge in [0.25, 0.3) is 0 Å². The van der Waals surface area contributed by atoms with E-state index in [4.69, 9.17) is 14.2 Å². The second-order valence-corrected chi connectivity index (χ2v) is 3.94. The number of carbonyl (C=O) groups excluding carboxylic acids is 1. The van der Waals surface area contributed by atoms with E-state index in [1.165, 1.54) is 0 Å². The van der Waals surface area contributed by atoms with Crippen LogP contribution in [0.15, 0.2) is 24.3 Å². The minimum Gasteiger partial charge on any atom is -0.486 e. The Labute approximate surface area is 106 Å². The molecule has 1 N–H and O–H groups in total. The van der Waals surface area contributed by atoms with E-state index in [1.807, 2.05) is 31.2 Å². The van der Waals surface area contributed by atoms with Gasteiger partial charge >= 0.3 is 0 Å². The highest BCUT2D eigenvalue weighted by atomic mass is 16.6. The Hall–Kier alpha value is -1.75. The number of para-hydroxylation sites is 2. The fourth-order valence-corrected chi connectivity index (χ4v) is 1.64. The van der Waals surface area contributed by atoms with Gasteiger partial charge in [-0.05, 0) is 19.1 Å². The van der Waals surface area contributed by atoms with Crippen molar-refractivity contribution < 1.29 is 19.0 Å². The van der Waals surface area contributed by atoms with Gasteiger partial charge in [0.1, 0.15) is 19.3 Å². The monoisotopic (exact) mass is 251 g/mol. The lowest BCUT2D eigenvalue weighted by Crippen LogP contribution is -2.41. The molecule has 0 fully saturated rings. The first-order valence-electron chi connectivity index (χ1n) is 6.02. The third-order valence-electron chi connectivity index (χ3n) is 2.53. The van der Waals surface area contributed by atoms with Gasteiger partial charge in [-0.3, -0.25) is 4.79 Å². The van der Waals surface area contributed by atoms with Crippen LogP contribution in [0, 0.1) is 0 Å². The lowest BCUT2D eigenvalue weighted by molar-refractivity contribution is -0.126. The summed E-state index contributed by atoms with van der Waals surface area (Å²) < 4.78 is 16.3. The molecule has 1 unspecified atom stereocenters. The number of benzene rings is 1. The van der Waals surface area contributed by atoms with Crippen LogP contribution in [-0.4, -0.2) is 38.4 Å². The molecule has 1 aliphatic rings. The van der Waals surface area contributed by atoms with Crippen LogP contribution in [0.4, 0.5) is 0 Å². The fourth-order valence-electron chi connectivity index (χ4n) is 1.64. The van der Waals surface area contributed by atoms with Crippen molar-refractivity contribution in [1.29, 1.82) is 0 Å². The van der Waals surface area contributed by atoms with Crippen LogP contribution in [-0.2, 0) is 9.53 Å². The van der Waals surface area contributed by atoms with Gasteiger partial charge in [-0.1, -0.05) is 12.1 Å². The SMILES string of the molecule is CCOCC(=O)NCC1COc2ccccc2O1. The average Bonchev–Trinajstić information content (AvgIpc) is 2.42. The van der Waals surface area contributed by atoms with Crippen LogP contribution >= 0.6 is 0 Å². The summed E-state index contributed by atoms with van der Waals surface area (Å²) in [5.74, 6) is 1.32. The van der Waals surface area contributed by atoms with E-state index < -0.39 is 0 Å². The van der Waals surface area contributed by atoms with Crippen LogP contribution < -0.4 is 14.8 Å². The van der Waals surface area contributed by atoms with Gasteiger partial charge in [0.2, 0.25) is 5.91 Å². The molecule has 18 heavy (non-hydrogen) atoms. The zero-order valence-corrected chi connectivity index (χ0v) is 10.3. The summed E-state index contributed by atoms with van der Waals surface area (Å²) in [5.41, 5.74) is 0. The number of carbonyl (C=O) groups is 1. The molecule has 1 amide bonds. The third-order valence-corrected chi connectivity index (χ3v) is 2.53. The molecule has 1 heterocycles. The molecule has 0 saturated heterocycles. The van der Waals surface area contributed by atoms with Gasteiger partial charge in [-0.2, -0.15) is 0 Å². The Morgan fingerprint density at radius 1 is 1.44 bits per heavy atom. The second-order valence-electron chi connectivity index (χ2n) is 3.94. The Morgan fingerprint density at radius 2 is 2.22 bits per heavy atom. The predicted octanol–water partition coefficient (Wildman–Crippen LogP) is 0.979. The Balaban J connectivity index is 1.78. The van der Waals surface area contributed by atoms with Crippen LogP contribution in [0.25, 0.3) is 0 Å². The van der Waals surface area contributed by atoms with Crippen LogP contribution in [0.1, 0.15) is 6.92 Å². The van der Waals surface area contributed by atoms with E-state index in [-0.39, 0.29) is 18.6 Å². The standard InChI is InChI=1S/C13H17NO4/c1-2-16-9-13(15)14-7-10-8-17-11-5-3-4-6-12(11)18-10/h3-6,10H,2,7-9H2,1H3,(H,14,15). The van der Waals surface area contributed by atoms with Crippen molar-refractivity contribution in [3.05, 3.63) is 24.3 Å². The molecule has 2 rings (SSSR count). The zero-order valence-electron chi connectivity index (χ0n) is 10.3. The maximum Gasteiger partial charge on any atom is 0.246 e.